The maximum absolute atomic E-state index is 10.9. The predicted molar refractivity (Wildman–Crippen MR) is 52.2 cm³/mol. The molecule has 0 radical (unpaired) electrons. The molecule has 0 spiro atoms. The highest BCUT2D eigenvalue weighted by atomic mass is 79.9. The highest BCUT2D eigenvalue weighted by molar-refractivity contribution is 9.11. The molecule has 70 valence electrons. The second-order valence-corrected chi connectivity index (χ2v) is 5.27. The van der Waals surface area contributed by atoms with Crippen molar-refractivity contribution in [1.82, 2.24) is 0 Å². The van der Waals surface area contributed by atoms with Gasteiger partial charge in [-0.05, 0) is 22.9 Å². The van der Waals surface area contributed by atoms with Crippen molar-refractivity contribution >= 4 is 33.2 Å². The summed E-state index contributed by atoms with van der Waals surface area (Å²) in [5.74, 6) is -0.887. The summed E-state index contributed by atoms with van der Waals surface area (Å²) in [4.78, 5) is 11.9. The Morgan fingerprint density at radius 1 is 1.77 bits per heavy atom. The molecule has 1 aliphatic heterocycles. The fourth-order valence-electron chi connectivity index (χ4n) is 1.48. The quantitative estimate of drug-likeness (QED) is 0.847. The standard InChI is InChI=1S/C8H7BrO3S/c1-3-5-4(2-12-3)13-7(9)6(5)8(10)11/h3H,2H2,1H3,(H,10,11). The lowest BCUT2D eigenvalue weighted by molar-refractivity contribution is 0.0666. The van der Waals surface area contributed by atoms with E-state index in [1.807, 2.05) is 6.92 Å². The van der Waals surface area contributed by atoms with Gasteiger partial charge in [0.25, 0.3) is 0 Å². The summed E-state index contributed by atoms with van der Waals surface area (Å²) in [6.45, 7) is 2.41. The van der Waals surface area contributed by atoms with Gasteiger partial charge in [0, 0.05) is 10.4 Å². The highest BCUT2D eigenvalue weighted by Gasteiger charge is 2.30. The van der Waals surface area contributed by atoms with E-state index in [0.29, 0.717) is 16.0 Å². The number of carboxylic acids is 1. The fraction of sp³-hybridized carbons (Fsp3) is 0.375. The second-order valence-electron chi connectivity index (χ2n) is 2.85. The van der Waals surface area contributed by atoms with Gasteiger partial charge in [-0.3, -0.25) is 0 Å². The van der Waals surface area contributed by atoms with E-state index in [9.17, 15) is 4.79 Å². The Bertz CT molecular complexity index is 372. The minimum absolute atomic E-state index is 0.0938. The molecular formula is C8H7BrO3S. The molecule has 0 bridgehead atoms. The molecule has 2 rings (SSSR count). The van der Waals surface area contributed by atoms with E-state index >= 15 is 0 Å². The van der Waals surface area contributed by atoms with Crippen molar-refractivity contribution in [3.05, 3.63) is 19.8 Å². The first kappa shape index (κ1) is 9.18. The SMILES string of the molecule is CC1OCc2sc(Br)c(C(=O)O)c21. The first-order valence-corrected chi connectivity index (χ1v) is 5.38. The number of hydrogen-bond acceptors (Lipinski definition) is 3. The average Bonchev–Trinajstić information content (AvgIpc) is 2.51. The molecule has 5 heteroatoms. The van der Waals surface area contributed by atoms with Gasteiger partial charge in [-0.1, -0.05) is 0 Å². The minimum Gasteiger partial charge on any atom is -0.478 e. The van der Waals surface area contributed by atoms with Crippen LogP contribution in [-0.4, -0.2) is 11.1 Å². The van der Waals surface area contributed by atoms with Crippen LogP contribution < -0.4 is 0 Å². The van der Waals surface area contributed by atoms with Gasteiger partial charge in [0.1, 0.15) is 0 Å². The van der Waals surface area contributed by atoms with Crippen molar-refractivity contribution in [1.29, 1.82) is 0 Å². The van der Waals surface area contributed by atoms with Crippen molar-refractivity contribution in [2.75, 3.05) is 0 Å². The largest absolute Gasteiger partial charge is 0.478 e. The van der Waals surface area contributed by atoms with E-state index in [1.165, 1.54) is 11.3 Å². The van der Waals surface area contributed by atoms with E-state index < -0.39 is 5.97 Å². The molecule has 13 heavy (non-hydrogen) atoms. The molecule has 1 atom stereocenters. The van der Waals surface area contributed by atoms with Crippen molar-refractivity contribution in [3.8, 4) is 0 Å². The fourth-order valence-corrected chi connectivity index (χ4v) is 3.47. The molecule has 1 aromatic rings. The lowest BCUT2D eigenvalue weighted by Crippen LogP contribution is -2.01. The van der Waals surface area contributed by atoms with Gasteiger partial charge in [-0.2, -0.15) is 0 Å². The van der Waals surface area contributed by atoms with Gasteiger partial charge < -0.3 is 9.84 Å². The summed E-state index contributed by atoms with van der Waals surface area (Å²) < 4.78 is 6.03. The van der Waals surface area contributed by atoms with Gasteiger partial charge in [0.2, 0.25) is 0 Å². The van der Waals surface area contributed by atoms with Crippen molar-refractivity contribution in [2.45, 2.75) is 19.6 Å². The van der Waals surface area contributed by atoms with Crippen LogP contribution in [0.5, 0.6) is 0 Å². The summed E-state index contributed by atoms with van der Waals surface area (Å²) in [6, 6.07) is 0. The summed E-state index contributed by atoms with van der Waals surface area (Å²) in [5.41, 5.74) is 1.20. The molecule has 1 N–H and O–H groups in total. The van der Waals surface area contributed by atoms with Gasteiger partial charge in [-0.25, -0.2) is 4.79 Å². The van der Waals surface area contributed by atoms with Gasteiger partial charge in [0.05, 0.1) is 22.1 Å². The number of halogens is 1. The number of thiophene rings is 1. The maximum Gasteiger partial charge on any atom is 0.338 e. The van der Waals surface area contributed by atoms with E-state index in [4.69, 9.17) is 9.84 Å². The summed E-state index contributed by atoms with van der Waals surface area (Å²) in [6.07, 6.45) is -0.0938. The molecule has 2 heterocycles. The van der Waals surface area contributed by atoms with Crippen LogP contribution in [0.3, 0.4) is 0 Å². The third kappa shape index (κ3) is 1.31. The third-order valence-electron chi connectivity index (χ3n) is 2.06. The Labute approximate surface area is 87.5 Å². The molecular weight excluding hydrogens is 256 g/mol. The van der Waals surface area contributed by atoms with E-state index in [-0.39, 0.29) is 6.10 Å². The third-order valence-corrected chi connectivity index (χ3v) is 3.91. The van der Waals surface area contributed by atoms with Crippen LogP contribution in [0.15, 0.2) is 3.79 Å². The normalized spacial score (nSPS) is 20.3. The maximum atomic E-state index is 10.9. The lowest BCUT2D eigenvalue weighted by atomic mass is 10.1. The Morgan fingerprint density at radius 3 is 3.08 bits per heavy atom. The van der Waals surface area contributed by atoms with Crippen molar-refractivity contribution in [3.63, 3.8) is 0 Å². The van der Waals surface area contributed by atoms with Gasteiger partial charge >= 0.3 is 5.97 Å². The van der Waals surface area contributed by atoms with Crippen LogP contribution in [0.2, 0.25) is 0 Å². The topological polar surface area (TPSA) is 46.5 Å². The number of ether oxygens (including phenoxy) is 1. The molecule has 0 fully saturated rings. The second kappa shape index (κ2) is 3.08. The van der Waals surface area contributed by atoms with Crippen LogP contribution >= 0.6 is 27.3 Å². The smallest absolute Gasteiger partial charge is 0.338 e. The van der Waals surface area contributed by atoms with Crippen molar-refractivity contribution in [2.24, 2.45) is 0 Å². The monoisotopic (exact) mass is 262 g/mol. The van der Waals surface area contributed by atoms with Crippen molar-refractivity contribution < 1.29 is 14.6 Å². The zero-order chi connectivity index (χ0) is 9.59. The van der Waals surface area contributed by atoms with Crippen LogP contribution in [-0.2, 0) is 11.3 Å². The number of rotatable bonds is 1. The molecule has 1 aromatic heterocycles. The zero-order valence-electron chi connectivity index (χ0n) is 6.83. The number of carbonyl (C=O) groups is 1. The Kier molecular flexibility index (Phi) is 2.17. The first-order valence-electron chi connectivity index (χ1n) is 3.77. The number of hydrogen-bond donors (Lipinski definition) is 1. The Hall–Kier alpha value is -0.390. The molecule has 3 nitrogen and oxygen atoms in total. The zero-order valence-corrected chi connectivity index (χ0v) is 9.24. The highest BCUT2D eigenvalue weighted by Crippen LogP contribution is 2.42. The van der Waals surface area contributed by atoms with E-state index in [0.717, 1.165) is 10.4 Å². The van der Waals surface area contributed by atoms with E-state index in [2.05, 4.69) is 15.9 Å². The van der Waals surface area contributed by atoms with Crippen LogP contribution in [0, 0.1) is 0 Å². The molecule has 0 aromatic carbocycles. The molecule has 0 aliphatic carbocycles. The minimum atomic E-state index is -0.887. The number of carboxylic acid groups (broad SMARTS) is 1. The molecule has 0 amide bonds. The number of aromatic carboxylic acids is 1. The predicted octanol–water partition coefficient (Wildman–Crippen LogP) is 2.80. The van der Waals surface area contributed by atoms with Crippen LogP contribution in [0.1, 0.15) is 33.8 Å². The summed E-state index contributed by atoms with van der Waals surface area (Å²) in [5, 5.41) is 8.96. The average molecular weight is 263 g/mol. The van der Waals surface area contributed by atoms with Gasteiger partial charge in [0.15, 0.2) is 0 Å². The molecule has 0 saturated heterocycles. The van der Waals surface area contributed by atoms with E-state index in [1.54, 1.807) is 0 Å². The molecule has 0 saturated carbocycles. The van der Waals surface area contributed by atoms with Crippen LogP contribution in [0.4, 0.5) is 0 Å². The molecule has 1 unspecified atom stereocenters. The Morgan fingerprint density at radius 2 is 2.46 bits per heavy atom. The Balaban J connectivity index is 2.61. The van der Waals surface area contributed by atoms with Gasteiger partial charge in [-0.15, -0.1) is 11.3 Å². The summed E-state index contributed by atoms with van der Waals surface area (Å²) >= 11 is 4.70. The lowest BCUT2D eigenvalue weighted by Gasteiger charge is -2.03. The first-order chi connectivity index (χ1) is 6.11. The molecule has 1 aliphatic rings. The van der Waals surface area contributed by atoms with Crippen LogP contribution in [0.25, 0.3) is 0 Å². The number of fused-ring (bicyclic) bond motifs is 1. The summed E-state index contributed by atoms with van der Waals surface area (Å²) in [7, 11) is 0.